The highest BCUT2D eigenvalue weighted by Crippen LogP contribution is 2.19. The van der Waals surface area contributed by atoms with Crippen molar-refractivity contribution in [1.82, 2.24) is 0 Å². The first-order chi connectivity index (χ1) is 12.1. The number of benzene rings is 1. The summed E-state index contributed by atoms with van der Waals surface area (Å²) in [6.45, 7) is 6.07. The van der Waals surface area contributed by atoms with Crippen LogP contribution in [0.4, 0.5) is 4.79 Å². The summed E-state index contributed by atoms with van der Waals surface area (Å²) in [5.41, 5.74) is 0.158. The van der Waals surface area contributed by atoms with Crippen LogP contribution in [-0.4, -0.2) is 24.8 Å². The van der Waals surface area contributed by atoms with Gasteiger partial charge in [0.15, 0.2) is 0 Å². The lowest BCUT2D eigenvalue weighted by molar-refractivity contribution is -0.453. The smallest absolute Gasteiger partial charge is 0.493 e. The van der Waals surface area contributed by atoms with Gasteiger partial charge in [-0.3, -0.25) is 4.89 Å². The van der Waals surface area contributed by atoms with E-state index in [9.17, 15) is 9.59 Å². The Labute approximate surface area is 148 Å². The molecule has 1 rings (SSSR count). The van der Waals surface area contributed by atoms with Crippen molar-refractivity contribution < 1.29 is 33.9 Å². The summed E-state index contributed by atoms with van der Waals surface area (Å²) in [5, 5.41) is 4.21. The zero-order valence-corrected chi connectivity index (χ0v) is 15.0. The molecule has 0 aromatic heterocycles. The summed E-state index contributed by atoms with van der Waals surface area (Å²) in [5.74, 6) is -0.494. The molecule has 25 heavy (non-hydrogen) atoms. The summed E-state index contributed by atoms with van der Waals surface area (Å²) < 4.78 is 10.3. The standard InChI is InChI=1S/C18H26O7/c1-4-6-7-8-11-14(3)22-18(20)24-25-23-17(19)15-12-9-10-13-16(15)21-5-2/h9-10,12-14H,4-8,11H2,1-3H3. The van der Waals surface area contributed by atoms with E-state index in [0.717, 1.165) is 32.1 Å². The van der Waals surface area contributed by atoms with Gasteiger partial charge in [0, 0.05) is 0 Å². The van der Waals surface area contributed by atoms with Crippen LogP contribution < -0.4 is 4.74 Å². The molecule has 1 atom stereocenters. The highest BCUT2D eigenvalue weighted by atomic mass is 17.5. The van der Waals surface area contributed by atoms with Crippen molar-refractivity contribution in [2.45, 2.75) is 59.0 Å². The van der Waals surface area contributed by atoms with Gasteiger partial charge in [0.1, 0.15) is 17.4 Å². The first kappa shape index (κ1) is 20.8. The van der Waals surface area contributed by atoms with E-state index in [1.165, 1.54) is 6.07 Å². The van der Waals surface area contributed by atoms with E-state index in [1.807, 2.05) is 0 Å². The van der Waals surface area contributed by atoms with Crippen LogP contribution in [0.3, 0.4) is 0 Å². The summed E-state index contributed by atoms with van der Waals surface area (Å²) in [6.07, 6.45) is 3.72. The average molecular weight is 354 g/mol. The van der Waals surface area contributed by atoms with E-state index in [4.69, 9.17) is 9.47 Å². The Morgan fingerprint density at radius 2 is 1.80 bits per heavy atom. The van der Waals surface area contributed by atoms with Crippen molar-refractivity contribution in [2.75, 3.05) is 6.61 Å². The molecule has 1 unspecified atom stereocenters. The van der Waals surface area contributed by atoms with E-state index in [2.05, 4.69) is 21.7 Å². The molecule has 0 fully saturated rings. The maximum Gasteiger partial charge on any atom is 0.543 e. The second-order valence-electron chi connectivity index (χ2n) is 5.48. The molecule has 140 valence electrons. The Morgan fingerprint density at radius 1 is 1.04 bits per heavy atom. The van der Waals surface area contributed by atoms with E-state index in [-0.39, 0.29) is 11.7 Å². The quantitative estimate of drug-likeness (QED) is 0.249. The van der Waals surface area contributed by atoms with Gasteiger partial charge in [0.25, 0.3) is 0 Å². The zero-order valence-electron chi connectivity index (χ0n) is 15.0. The van der Waals surface area contributed by atoms with Crippen molar-refractivity contribution in [1.29, 1.82) is 0 Å². The largest absolute Gasteiger partial charge is 0.543 e. The van der Waals surface area contributed by atoms with Gasteiger partial charge >= 0.3 is 12.1 Å². The van der Waals surface area contributed by atoms with Crippen molar-refractivity contribution >= 4 is 12.1 Å². The Kier molecular flexibility index (Phi) is 10.1. The lowest BCUT2D eigenvalue weighted by atomic mass is 10.1. The van der Waals surface area contributed by atoms with Crippen LogP contribution in [0.25, 0.3) is 0 Å². The fraction of sp³-hybridized carbons (Fsp3) is 0.556. The van der Waals surface area contributed by atoms with E-state index < -0.39 is 12.1 Å². The third kappa shape index (κ3) is 8.39. The van der Waals surface area contributed by atoms with Crippen LogP contribution in [0.5, 0.6) is 5.75 Å². The fourth-order valence-corrected chi connectivity index (χ4v) is 2.14. The Hall–Kier alpha value is -2.28. The molecule has 0 spiro atoms. The van der Waals surface area contributed by atoms with Crippen LogP contribution in [0, 0.1) is 0 Å². The maximum atomic E-state index is 11.9. The van der Waals surface area contributed by atoms with Crippen molar-refractivity contribution in [3.63, 3.8) is 0 Å². The molecule has 0 aliphatic rings. The molecule has 0 bridgehead atoms. The first-order valence-electron chi connectivity index (χ1n) is 8.56. The molecule has 1 aromatic rings. The molecule has 0 saturated carbocycles. The monoisotopic (exact) mass is 354 g/mol. The molecular weight excluding hydrogens is 328 g/mol. The highest BCUT2D eigenvalue weighted by Gasteiger charge is 2.17. The molecular formula is C18H26O7. The van der Waals surface area contributed by atoms with E-state index in [0.29, 0.717) is 12.4 Å². The molecule has 1 aromatic carbocycles. The second-order valence-corrected chi connectivity index (χ2v) is 5.48. The fourth-order valence-electron chi connectivity index (χ4n) is 2.14. The first-order valence-corrected chi connectivity index (χ1v) is 8.56. The minimum atomic E-state index is -1.06. The minimum absolute atomic E-state index is 0.158. The van der Waals surface area contributed by atoms with Gasteiger partial charge in [0.05, 0.1) is 11.6 Å². The molecule has 0 heterocycles. The molecule has 0 N–H and O–H groups in total. The third-order valence-corrected chi connectivity index (χ3v) is 3.38. The second kappa shape index (κ2) is 12.1. The van der Waals surface area contributed by atoms with Gasteiger partial charge in [-0.15, -0.1) is 0 Å². The summed E-state index contributed by atoms with van der Waals surface area (Å²) in [7, 11) is 0. The van der Waals surface area contributed by atoms with Crippen LogP contribution in [0.1, 0.15) is 63.2 Å². The van der Waals surface area contributed by atoms with Gasteiger partial charge in [-0.1, -0.05) is 38.3 Å². The number of hydrogen-bond donors (Lipinski definition) is 0. The van der Waals surface area contributed by atoms with E-state index >= 15 is 0 Å². The number of carbonyl (C=O) groups excluding carboxylic acids is 2. The van der Waals surface area contributed by atoms with Gasteiger partial charge in [0.2, 0.25) is 0 Å². The highest BCUT2D eigenvalue weighted by molar-refractivity contribution is 5.92. The van der Waals surface area contributed by atoms with Crippen molar-refractivity contribution in [3.8, 4) is 5.75 Å². The Morgan fingerprint density at radius 3 is 2.52 bits per heavy atom. The molecule has 0 aliphatic heterocycles. The maximum absolute atomic E-state index is 11.9. The number of carbonyl (C=O) groups is 2. The van der Waals surface area contributed by atoms with Crippen LogP contribution in [-0.2, 0) is 19.6 Å². The Balaban J connectivity index is 2.29. The van der Waals surface area contributed by atoms with Gasteiger partial charge in [-0.25, -0.2) is 14.5 Å². The predicted molar refractivity (Wildman–Crippen MR) is 89.9 cm³/mol. The number of unbranched alkanes of at least 4 members (excludes halogenated alkanes) is 3. The molecule has 7 heteroatoms. The van der Waals surface area contributed by atoms with Crippen molar-refractivity contribution in [2.24, 2.45) is 0 Å². The normalized spacial score (nSPS) is 11.5. The predicted octanol–water partition coefficient (Wildman–Crippen LogP) is 4.60. The minimum Gasteiger partial charge on any atom is -0.493 e. The summed E-state index contributed by atoms with van der Waals surface area (Å²) >= 11 is 0. The molecule has 0 amide bonds. The topological polar surface area (TPSA) is 80.3 Å². The van der Waals surface area contributed by atoms with Gasteiger partial charge < -0.3 is 9.47 Å². The summed E-state index contributed by atoms with van der Waals surface area (Å²) in [6, 6.07) is 6.50. The number of hydrogen-bond acceptors (Lipinski definition) is 7. The number of ether oxygens (including phenoxy) is 2. The molecule has 0 aliphatic carbocycles. The van der Waals surface area contributed by atoms with Crippen molar-refractivity contribution in [3.05, 3.63) is 29.8 Å². The lowest BCUT2D eigenvalue weighted by Crippen LogP contribution is -2.17. The van der Waals surface area contributed by atoms with Crippen LogP contribution in [0.15, 0.2) is 24.3 Å². The molecule has 7 nitrogen and oxygen atoms in total. The third-order valence-electron chi connectivity index (χ3n) is 3.38. The van der Waals surface area contributed by atoms with Gasteiger partial charge in [-0.05, 0) is 38.8 Å². The molecule has 0 radical (unpaired) electrons. The van der Waals surface area contributed by atoms with E-state index in [1.54, 1.807) is 32.0 Å². The molecule has 0 saturated heterocycles. The Bertz CT molecular complexity index is 530. The van der Waals surface area contributed by atoms with Crippen LogP contribution in [0.2, 0.25) is 0 Å². The average Bonchev–Trinajstić information content (AvgIpc) is 2.59. The lowest BCUT2D eigenvalue weighted by Gasteiger charge is -2.11. The van der Waals surface area contributed by atoms with Crippen LogP contribution >= 0.6 is 0 Å². The number of rotatable bonds is 11. The number of para-hydroxylation sites is 1. The SMILES string of the molecule is CCCCCCC(C)OC(=O)OOOC(=O)c1ccccc1OCC. The van der Waals surface area contributed by atoms with Gasteiger partial charge in [-0.2, -0.15) is 0 Å². The zero-order chi connectivity index (χ0) is 18.5. The summed E-state index contributed by atoms with van der Waals surface area (Å²) in [4.78, 5) is 32.1.